The highest BCUT2D eigenvalue weighted by Gasteiger charge is 2.34. The fourth-order valence-corrected chi connectivity index (χ4v) is 3.26. The summed E-state index contributed by atoms with van der Waals surface area (Å²) in [5.74, 6) is -1.53. The lowest BCUT2D eigenvalue weighted by Gasteiger charge is -2.10. The molecule has 1 N–H and O–H groups in total. The van der Waals surface area contributed by atoms with Crippen molar-refractivity contribution >= 4 is 52.2 Å². The lowest BCUT2D eigenvalue weighted by atomic mass is 10.2. The van der Waals surface area contributed by atoms with Crippen LogP contribution in [-0.2, 0) is 9.59 Å². The molecule has 136 valence electrons. The lowest BCUT2D eigenvalue weighted by molar-refractivity contribution is -0.384. The number of allylic oxidation sites excluding steroid dienone is 2. The van der Waals surface area contributed by atoms with Gasteiger partial charge in [0, 0.05) is 30.1 Å². The van der Waals surface area contributed by atoms with Gasteiger partial charge >= 0.3 is 5.97 Å². The van der Waals surface area contributed by atoms with Gasteiger partial charge in [0.05, 0.1) is 9.83 Å². The standard InChI is InChI=1S/C16H13ClN2O6S/c17-11(8-10-3-5-12(6-4-10)19(24)25)9-13-15(22)18(16(23)26-13)7-1-2-14(20)21/h3-6,8-9H,1-2,7H2,(H,20,21). The zero-order valence-electron chi connectivity index (χ0n) is 13.3. The fraction of sp³-hybridized carbons (Fsp3) is 0.188. The predicted molar refractivity (Wildman–Crippen MR) is 96.6 cm³/mol. The Balaban J connectivity index is 2.08. The molecule has 1 saturated heterocycles. The first-order valence-electron chi connectivity index (χ1n) is 7.37. The fourth-order valence-electron chi connectivity index (χ4n) is 2.10. The van der Waals surface area contributed by atoms with Crippen molar-refractivity contribution in [2.24, 2.45) is 0 Å². The van der Waals surface area contributed by atoms with Gasteiger partial charge in [-0.1, -0.05) is 11.6 Å². The number of imide groups is 1. The van der Waals surface area contributed by atoms with Gasteiger partial charge in [-0.15, -0.1) is 0 Å². The summed E-state index contributed by atoms with van der Waals surface area (Å²) in [5, 5.41) is 18.9. The maximum absolute atomic E-state index is 12.2. The van der Waals surface area contributed by atoms with Crippen LogP contribution in [0.25, 0.3) is 6.08 Å². The van der Waals surface area contributed by atoms with Gasteiger partial charge in [-0.3, -0.25) is 29.4 Å². The number of nitrogens with zero attached hydrogens (tertiary/aromatic N) is 2. The number of aliphatic carboxylic acids is 1. The number of non-ortho nitro benzene ring substituents is 1. The predicted octanol–water partition coefficient (Wildman–Crippen LogP) is 3.62. The van der Waals surface area contributed by atoms with Gasteiger partial charge < -0.3 is 5.11 Å². The van der Waals surface area contributed by atoms with Crippen LogP contribution in [0.15, 0.2) is 40.3 Å². The summed E-state index contributed by atoms with van der Waals surface area (Å²) < 4.78 is 0. The first-order valence-corrected chi connectivity index (χ1v) is 8.56. The van der Waals surface area contributed by atoms with E-state index in [1.54, 1.807) is 0 Å². The molecular formula is C16H13ClN2O6S. The van der Waals surface area contributed by atoms with Crippen molar-refractivity contribution in [3.05, 3.63) is 56.0 Å². The molecule has 0 spiro atoms. The zero-order chi connectivity index (χ0) is 19.3. The molecule has 0 bridgehead atoms. The number of nitro groups is 1. The quantitative estimate of drug-likeness (QED) is 0.424. The van der Waals surface area contributed by atoms with Crippen molar-refractivity contribution in [3.63, 3.8) is 0 Å². The average molecular weight is 397 g/mol. The second-order valence-corrected chi connectivity index (χ2v) is 6.64. The van der Waals surface area contributed by atoms with Crippen LogP contribution < -0.4 is 0 Å². The van der Waals surface area contributed by atoms with Crippen LogP contribution in [0.4, 0.5) is 10.5 Å². The number of carbonyl (C=O) groups excluding carboxylic acids is 2. The van der Waals surface area contributed by atoms with E-state index in [1.165, 1.54) is 36.4 Å². The average Bonchev–Trinajstić information content (AvgIpc) is 2.82. The van der Waals surface area contributed by atoms with Crippen LogP contribution in [0.2, 0.25) is 0 Å². The topological polar surface area (TPSA) is 118 Å². The van der Waals surface area contributed by atoms with Gasteiger partial charge in [0.15, 0.2) is 0 Å². The summed E-state index contributed by atoms with van der Waals surface area (Å²) >= 11 is 6.80. The number of hydrogen-bond donors (Lipinski definition) is 1. The number of benzene rings is 1. The molecule has 0 unspecified atom stereocenters. The molecule has 0 radical (unpaired) electrons. The maximum Gasteiger partial charge on any atom is 0.303 e. The molecular weight excluding hydrogens is 384 g/mol. The molecule has 2 amide bonds. The highest BCUT2D eigenvalue weighted by Crippen LogP contribution is 2.32. The Morgan fingerprint density at radius 2 is 1.96 bits per heavy atom. The van der Waals surface area contributed by atoms with E-state index in [0.717, 1.165) is 16.7 Å². The minimum absolute atomic E-state index is 0.0258. The smallest absolute Gasteiger partial charge is 0.303 e. The Labute approximate surface area is 157 Å². The Kier molecular flexibility index (Phi) is 6.53. The van der Waals surface area contributed by atoms with E-state index in [9.17, 15) is 24.5 Å². The van der Waals surface area contributed by atoms with E-state index in [1.807, 2.05) is 0 Å². The molecule has 1 aliphatic rings. The molecule has 26 heavy (non-hydrogen) atoms. The van der Waals surface area contributed by atoms with Crippen molar-refractivity contribution < 1.29 is 24.4 Å². The van der Waals surface area contributed by atoms with Crippen LogP contribution in [0, 0.1) is 10.1 Å². The van der Waals surface area contributed by atoms with E-state index in [2.05, 4.69) is 0 Å². The molecule has 8 nitrogen and oxygen atoms in total. The highest BCUT2D eigenvalue weighted by molar-refractivity contribution is 8.18. The van der Waals surface area contributed by atoms with Crippen molar-refractivity contribution in [1.29, 1.82) is 0 Å². The van der Waals surface area contributed by atoms with Gasteiger partial charge in [0.1, 0.15) is 0 Å². The van der Waals surface area contributed by atoms with Gasteiger partial charge in [0.2, 0.25) is 0 Å². The summed E-state index contributed by atoms with van der Waals surface area (Å²) in [7, 11) is 0. The summed E-state index contributed by atoms with van der Waals surface area (Å²) in [5.41, 5.74) is 0.540. The van der Waals surface area contributed by atoms with Gasteiger partial charge in [-0.05, 0) is 48.0 Å². The minimum Gasteiger partial charge on any atom is -0.481 e. The van der Waals surface area contributed by atoms with Crippen LogP contribution in [-0.4, -0.2) is 38.6 Å². The SMILES string of the molecule is O=C(O)CCCN1C(=O)SC(=CC(Cl)=Cc2ccc([N+](=O)[O-])cc2)C1=O. The van der Waals surface area contributed by atoms with Crippen molar-refractivity contribution in [1.82, 2.24) is 4.90 Å². The number of rotatable bonds is 7. The van der Waals surface area contributed by atoms with Gasteiger partial charge in [-0.25, -0.2) is 0 Å². The molecule has 10 heteroatoms. The molecule has 1 heterocycles. The molecule has 1 aromatic rings. The number of carboxylic acids is 1. The summed E-state index contributed by atoms with van der Waals surface area (Å²) in [6, 6.07) is 5.66. The van der Waals surface area contributed by atoms with E-state index in [0.29, 0.717) is 5.56 Å². The molecule has 0 aliphatic carbocycles. The maximum atomic E-state index is 12.2. The van der Waals surface area contributed by atoms with Gasteiger partial charge in [0.25, 0.3) is 16.8 Å². The summed E-state index contributed by atoms with van der Waals surface area (Å²) in [4.78, 5) is 45.8. The highest BCUT2D eigenvalue weighted by atomic mass is 35.5. The van der Waals surface area contributed by atoms with Crippen molar-refractivity contribution in [2.75, 3.05) is 6.54 Å². The second-order valence-electron chi connectivity index (χ2n) is 5.21. The molecule has 1 aromatic carbocycles. The summed E-state index contributed by atoms with van der Waals surface area (Å²) in [6.07, 6.45) is 2.88. The monoisotopic (exact) mass is 396 g/mol. The Morgan fingerprint density at radius 3 is 2.54 bits per heavy atom. The van der Waals surface area contributed by atoms with E-state index >= 15 is 0 Å². The third-order valence-corrected chi connectivity index (χ3v) is 4.45. The van der Waals surface area contributed by atoms with Crippen molar-refractivity contribution in [3.8, 4) is 0 Å². The number of nitro benzene ring substituents is 1. The van der Waals surface area contributed by atoms with E-state index in [-0.39, 0.29) is 35.0 Å². The third-order valence-electron chi connectivity index (χ3n) is 3.32. The number of halogens is 1. The first-order chi connectivity index (χ1) is 12.3. The normalized spacial score (nSPS) is 16.4. The Morgan fingerprint density at radius 1 is 1.31 bits per heavy atom. The van der Waals surface area contributed by atoms with Crippen molar-refractivity contribution in [2.45, 2.75) is 12.8 Å². The molecule has 0 saturated carbocycles. The van der Waals surface area contributed by atoms with Crippen LogP contribution in [0.1, 0.15) is 18.4 Å². The molecule has 0 aromatic heterocycles. The number of hydrogen-bond acceptors (Lipinski definition) is 6. The lowest BCUT2D eigenvalue weighted by Crippen LogP contribution is -2.29. The molecule has 1 fully saturated rings. The number of amides is 2. The molecule has 0 atom stereocenters. The number of carbonyl (C=O) groups is 3. The largest absolute Gasteiger partial charge is 0.481 e. The second kappa shape index (κ2) is 8.63. The van der Waals surface area contributed by atoms with Crippen LogP contribution in [0.5, 0.6) is 0 Å². The Hall–Kier alpha value is -2.65. The third kappa shape index (κ3) is 5.17. The Bertz CT molecular complexity index is 819. The summed E-state index contributed by atoms with van der Waals surface area (Å²) in [6.45, 7) is 0.0258. The van der Waals surface area contributed by atoms with E-state index in [4.69, 9.17) is 16.7 Å². The molecule has 2 rings (SSSR count). The van der Waals surface area contributed by atoms with Crippen LogP contribution >= 0.6 is 23.4 Å². The number of thioether (sulfide) groups is 1. The van der Waals surface area contributed by atoms with Crippen LogP contribution in [0.3, 0.4) is 0 Å². The zero-order valence-corrected chi connectivity index (χ0v) is 14.8. The minimum atomic E-state index is -0.999. The number of carboxylic acid groups (broad SMARTS) is 1. The van der Waals surface area contributed by atoms with Gasteiger partial charge in [-0.2, -0.15) is 0 Å². The van der Waals surface area contributed by atoms with E-state index < -0.39 is 22.0 Å². The molecule has 1 aliphatic heterocycles. The first kappa shape index (κ1) is 19.7.